The molecule has 1 aromatic heterocycles. The predicted molar refractivity (Wildman–Crippen MR) is 80.2 cm³/mol. The van der Waals surface area contributed by atoms with Gasteiger partial charge in [0.2, 0.25) is 0 Å². The first-order valence-corrected chi connectivity index (χ1v) is 7.44. The van der Waals surface area contributed by atoms with Crippen molar-refractivity contribution in [1.29, 1.82) is 0 Å². The zero-order chi connectivity index (χ0) is 16.4. The number of hydrogen-bond acceptors (Lipinski definition) is 4. The number of fused-ring (bicyclic) bond motifs is 1. The smallest absolute Gasteiger partial charge is 0.416 e. The van der Waals surface area contributed by atoms with Crippen molar-refractivity contribution in [1.82, 2.24) is 4.98 Å². The molecule has 118 valence electrons. The van der Waals surface area contributed by atoms with Crippen LogP contribution in [0.3, 0.4) is 0 Å². The van der Waals surface area contributed by atoms with Crippen molar-refractivity contribution in [2.75, 3.05) is 0 Å². The van der Waals surface area contributed by atoms with Gasteiger partial charge in [-0.05, 0) is 36.4 Å². The maximum atomic E-state index is 12.5. The number of aromatic nitrogens is 1. The zero-order valence-corrected chi connectivity index (χ0v) is 12.4. The minimum atomic E-state index is -4.43. The maximum Gasteiger partial charge on any atom is 0.416 e. The summed E-state index contributed by atoms with van der Waals surface area (Å²) < 4.78 is 43.5. The number of thiazole rings is 1. The Morgan fingerprint density at radius 3 is 2.43 bits per heavy atom. The summed E-state index contributed by atoms with van der Waals surface area (Å²) in [4.78, 5) is 16.2. The number of carbonyl (C=O) groups is 1. The van der Waals surface area contributed by atoms with Crippen molar-refractivity contribution in [3.05, 3.63) is 64.7 Å². The minimum Gasteiger partial charge on any atom is -0.455 e. The van der Waals surface area contributed by atoms with Crippen molar-refractivity contribution >= 4 is 27.5 Å². The third kappa shape index (κ3) is 3.50. The standard InChI is InChI=1S/C16H10F3NO2S/c17-16(18,19)11-7-5-10(6-8-11)15(21)22-9-14-20-12-3-1-2-4-13(12)23-14/h1-8H,9H2. The van der Waals surface area contributed by atoms with Crippen LogP contribution in [-0.2, 0) is 17.5 Å². The average molecular weight is 337 g/mol. The second-order valence-corrected chi connectivity index (χ2v) is 5.84. The molecule has 0 N–H and O–H groups in total. The summed E-state index contributed by atoms with van der Waals surface area (Å²) in [6.45, 7) is -0.0147. The Kier molecular flexibility index (Phi) is 4.04. The minimum absolute atomic E-state index is 0.0147. The molecular weight excluding hydrogens is 327 g/mol. The van der Waals surface area contributed by atoms with E-state index in [0.717, 1.165) is 34.5 Å². The van der Waals surface area contributed by atoms with Gasteiger partial charge in [-0.25, -0.2) is 9.78 Å². The third-order valence-corrected chi connectivity index (χ3v) is 4.12. The molecule has 3 aromatic rings. The van der Waals surface area contributed by atoms with Crippen molar-refractivity contribution in [2.24, 2.45) is 0 Å². The number of ether oxygens (including phenoxy) is 1. The lowest BCUT2D eigenvalue weighted by molar-refractivity contribution is -0.137. The fourth-order valence-corrected chi connectivity index (χ4v) is 2.87. The first-order valence-electron chi connectivity index (χ1n) is 6.62. The summed E-state index contributed by atoms with van der Waals surface area (Å²) in [5.41, 5.74) is 0.0809. The molecule has 0 saturated heterocycles. The van der Waals surface area contributed by atoms with Gasteiger partial charge in [0.25, 0.3) is 0 Å². The Morgan fingerprint density at radius 1 is 1.09 bits per heavy atom. The highest BCUT2D eigenvalue weighted by atomic mass is 32.1. The fraction of sp³-hybridized carbons (Fsp3) is 0.125. The van der Waals surface area contributed by atoms with Gasteiger partial charge in [-0.15, -0.1) is 11.3 Å². The quantitative estimate of drug-likeness (QED) is 0.652. The largest absolute Gasteiger partial charge is 0.455 e. The highest BCUT2D eigenvalue weighted by Crippen LogP contribution is 2.29. The number of nitrogens with zero attached hydrogens (tertiary/aromatic N) is 1. The summed E-state index contributed by atoms with van der Waals surface area (Å²) in [6.07, 6.45) is -4.43. The molecule has 0 aliphatic rings. The van der Waals surface area contributed by atoms with E-state index in [0.29, 0.717) is 5.01 Å². The van der Waals surface area contributed by atoms with Crippen molar-refractivity contribution in [3.8, 4) is 0 Å². The van der Waals surface area contributed by atoms with Gasteiger partial charge in [-0.3, -0.25) is 0 Å². The summed E-state index contributed by atoms with van der Waals surface area (Å²) in [6, 6.07) is 11.4. The van der Waals surface area contributed by atoms with Gasteiger partial charge >= 0.3 is 12.1 Å². The van der Waals surface area contributed by atoms with E-state index >= 15 is 0 Å². The lowest BCUT2D eigenvalue weighted by Crippen LogP contribution is -2.08. The van der Waals surface area contributed by atoms with Crippen LogP contribution >= 0.6 is 11.3 Å². The molecule has 2 aromatic carbocycles. The predicted octanol–water partition coefficient (Wildman–Crippen LogP) is 4.67. The van der Waals surface area contributed by atoms with Gasteiger partial charge in [0, 0.05) is 0 Å². The van der Waals surface area contributed by atoms with E-state index in [1.165, 1.54) is 11.3 Å². The van der Waals surface area contributed by atoms with Crippen LogP contribution in [0, 0.1) is 0 Å². The number of rotatable bonds is 3. The summed E-state index contributed by atoms with van der Waals surface area (Å²) in [5.74, 6) is -0.682. The van der Waals surface area contributed by atoms with Gasteiger partial charge in [0.1, 0.15) is 11.6 Å². The average Bonchev–Trinajstić information content (AvgIpc) is 2.95. The molecule has 0 fully saturated rings. The molecule has 7 heteroatoms. The lowest BCUT2D eigenvalue weighted by atomic mass is 10.1. The first kappa shape index (κ1) is 15.5. The normalized spacial score (nSPS) is 11.6. The monoisotopic (exact) mass is 337 g/mol. The lowest BCUT2D eigenvalue weighted by Gasteiger charge is -2.07. The Bertz CT molecular complexity index is 807. The van der Waals surface area contributed by atoms with Crippen LogP contribution in [0.5, 0.6) is 0 Å². The Balaban J connectivity index is 1.67. The SMILES string of the molecule is O=C(OCc1nc2ccccc2s1)c1ccc(C(F)(F)F)cc1. The molecule has 23 heavy (non-hydrogen) atoms. The fourth-order valence-electron chi connectivity index (χ4n) is 1.99. The summed E-state index contributed by atoms with van der Waals surface area (Å²) in [5, 5.41) is 0.631. The van der Waals surface area contributed by atoms with Crippen molar-refractivity contribution < 1.29 is 22.7 Å². The van der Waals surface area contributed by atoms with Crippen LogP contribution in [0.15, 0.2) is 48.5 Å². The van der Waals surface area contributed by atoms with E-state index in [1.54, 1.807) is 0 Å². The molecule has 3 nitrogen and oxygen atoms in total. The van der Waals surface area contributed by atoms with E-state index in [1.807, 2.05) is 24.3 Å². The molecule has 0 saturated carbocycles. The molecule has 3 rings (SSSR count). The first-order chi connectivity index (χ1) is 10.9. The van der Waals surface area contributed by atoms with E-state index in [2.05, 4.69) is 4.98 Å². The summed E-state index contributed by atoms with van der Waals surface area (Å²) in [7, 11) is 0. The molecular formula is C16H10F3NO2S. The van der Waals surface area contributed by atoms with Crippen LogP contribution in [0.25, 0.3) is 10.2 Å². The number of carbonyl (C=O) groups excluding carboxylic acids is 1. The Morgan fingerprint density at radius 2 is 1.78 bits per heavy atom. The van der Waals surface area contributed by atoms with Gasteiger partial charge in [-0.2, -0.15) is 13.2 Å². The zero-order valence-electron chi connectivity index (χ0n) is 11.6. The van der Waals surface area contributed by atoms with Crippen LogP contribution in [-0.4, -0.2) is 11.0 Å². The molecule has 1 heterocycles. The molecule has 0 aliphatic carbocycles. The highest BCUT2D eigenvalue weighted by Gasteiger charge is 2.30. The Hall–Kier alpha value is -2.41. The number of alkyl halides is 3. The molecule has 0 amide bonds. The second kappa shape index (κ2) is 6.00. The van der Waals surface area contributed by atoms with Gasteiger partial charge in [0.15, 0.2) is 0 Å². The van der Waals surface area contributed by atoms with Crippen LogP contribution in [0.1, 0.15) is 20.9 Å². The van der Waals surface area contributed by atoms with Gasteiger partial charge in [0.05, 0.1) is 21.3 Å². The number of benzene rings is 2. The number of halogens is 3. The molecule has 0 radical (unpaired) electrons. The van der Waals surface area contributed by atoms with Gasteiger partial charge < -0.3 is 4.74 Å². The molecule has 0 unspecified atom stereocenters. The molecule has 0 bridgehead atoms. The second-order valence-electron chi connectivity index (χ2n) is 4.73. The number of esters is 1. The van der Waals surface area contributed by atoms with E-state index in [9.17, 15) is 18.0 Å². The van der Waals surface area contributed by atoms with E-state index < -0.39 is 17.7 Å². The molecule has 0 spiro atoms. The van der Waals surface area contributed by atoms with E-state index in [-0.39, 0.29) is 12.2 Å². The van der Waals surface area contributed by atoms with E-state index in [4.69, 9.17) is 4.74 Å². The molecule has 0 aliphatic heterocycles. The van der Waals surface area contributed by atoms with Crippen LogP contribution in [0.2, 0.25) is 0 Å². The summed E-state index contributed by atoms with van der Waals surface area (Å²) >= 11 is 1.40. The highest BCUT2D eigenvalue weighted by molar-refractivity contribution is 7.18. The Labute approximate surface area is 133 Å². The maximum absolute atomic E-state index is 12.5. The van der Waals surface area contributed by atoms with Gasteiger partial charge in [-0.1, -0.05) is 12.1 Å². The van der Waals surface area contributed by atoms with Crippen molar-refractivity contribution in [3.63, 3.8) is 0 Å². The van der Waals surface area contributed by atoms with Crippen LogP contribution < -0.4 is 0 Å². The number of hydrogen-bond donors (Lipinski definition) is 0. The molecule has 0 atom stereocenters. The number of para-hydroxylation sites is 1. The van der Waals surface area contributed by atoms with Crippen molar-refractivity contribution in [2.45, 2.75) is 12.8 Å². The van der Waals surface area contributed by atoms with Crippen LogP contribution in [0.4, 0.5) is 13.2 Å². The third-order valence-electron chi connectivity index (χ3n) is 3.11. The topological polar surface area (TPSA) is 39.2 Å².